The van der Waals surface area contributed by atoms with E-state index in [1.165, 1.54) is 5.56 Å². The summed E-state index contributed by atoms with van der Waals surface area (Å²) in [6.45, 7) is 3.09. The second-order valence-electron chi connectivity index (χ2n) is 7.18. The average Bonchev–Trinajstić information content (AvgIpc) is 2.74. The Hall–Kier alpha value is -2.74. The molecule has 3 aromatic rings. The first-order chi connectivity index (χ1) is 13.3. The predicted molar refractivity (Wildman–Crippen MR) is 106 cm³/mol. The molecule has 1 aliphatic heterocycles. The molecule has 2 aromatic carbocycles. The van der Waals surface area contributed by atoms with Gasteiger partial charge in [-0.3, -0.25) is 4.98 Å². The van der Waals surface area contributed by atoms with Crippen LogP contribution in [-0.4, -0.2) is 24.7 Å². The van der Waals surface area contributed by atoms with Gasteiger partial charge >= 0.3 is 0 Å². The topological polar surface area (TPSA) is 57.9 Å². The van der Waals surface area contributed by atoms with Crippen molar-refractivity contribution in [3.8, 4) is 6.07 Å². The van der Waals surface area contributed by atoms with Crippen molar-refractivity contribution in [2.24, 2.45) is 0 Å². The van der Waals surface area contributed by atoms with Crippen LogP contribution in [0.3, 0.4) is 0 Å². The van der Waals surface area contributed by atoms with Gasteiger partial charge in [-0.25, -0.2) is 0 Å². The number of nitriles is 1. The lowest BCUT2D eigenvalue weighted by Gasteiger charge is -2.38. The molecule has 1 saturated heterocycles. The first-order valence-corrected chi connectivity index (χ1v) is 9.43. The maximum absolute atomic E-state index is 9.45. The molecule has 136 valence electrons. The molecule has 4 rings (SSSR count). The first kappa shape index (κ1) is 17.7. The fourth-order valence-corrected chi connectivity index (χ4v) is 3.96. The van der Waals surface area contributed by atoms with Crippen LogP contribution in [0.5, 0.6) is 0 Å². The van der Waals surface area contributed by atoms with Gasteiger partial charge in [0.2, 0.25) is 0 Å². The number of nitrogens with zero attached hydrogens (tertiary/aromatic N) is 2. The average molecular weight is 357 g/mol. The summed E-state index contributed by atoms with van der Waals surface area (Å²) in [5, 5.41) is 13.8. The number of aromatic nitrogens is 1. The normalized spacial score (nSPS) is 16.1. The zero-order valence-electron chi connectivity index (χ0n) is 15.3. The van der Waals surface area contributed by atoms with E-state index < -0.39 is 0 Å². The van der Waals surface area contributed by atoms with Crippen LogP contribution < -0.4 is 5.32 Å². The standard InChI is InChI=1S/C23H23N3O/c24-15-18-14-20(26-22-9-5-4-8-21(18)22)16-27-17-23(10-12-25-13-11-23)19-6-2-1-3-7-19/h1-9,14,25H,10-13,16-17H2. The van der Waals surface area contributed by atoms with Gasteiger partial charge in [0.05, 0.1) is 36.1 Å². The van der Waals surface area contributed by atoms with Crippen LogP contribution in [0.4, 0.5) is 0 Å². The van der Waals surface area contributed by atoms with Gasteiger partial charge in [0.1, 0.15) is 0 Å². The number of rotatable bonds is 5. The van der Waals surface area contributed by atoms with E-state index in [4.69, 9.17) is 4.74 Å². The zero-order chi connectivity index (χ0) is 18.5. The third-order valence-corrected chi connectivity index (χ3v) is 5.46. The Bertz CT molecular complexity index is 956. The van der Waals surface area contributed by atoms with Gasteiger partial charge in [-0.05, 0) is 43.6 Å². The van der Waals surface area contributed by atoms with Crippen molar-refractivity contribution < 1.29 is 4.74 Å². The van der Waals surface area contributed by atoms with Gasteiger partial charge in [0, 0.05) is 10.8 Å². The van der Waals surface area contributed by atoms with E-state index in [1.54, 1.807) is 0 Å². The van der Waals surface area contributed by atoms with Crippen LogP contribution >= 0.6 is 0 Å². The summed E-state index contributed by atoms with van der Waals surface area (Å²) < 4.78 is 6.17. The van der Waals surface area contributed by atoms with Crippen molar-refractivity contribution in [1.82, 2.24) is 10.3 Å². The molecule has 1 N–H and O–H groups in total. The van der Waals surface area contributed by atoms with E-state index in [-0.39, 0.29) is 5.41 Å². The van der Waals surface area contributed by atoms with Crippen molar-refractivity contribution in [3.05, 3.63) is 77.5 Å². The van der Waals surface area contributed by atoms with Gasteiger partial charge in [-0.1, -0.05) is 48.5 Å². The Morgan fingerprint density at radius 1 is 1.04 bits per heavy atom. The molecule has 0 unspecified atom stereocenters. The molecule has 0 radical (unpaired) electrons. The molecule has 4 nitrogen and oxygen atoms in total. The van der Waals surface area contributed by atoms with E-state index in [1.807, 2.05) is 30.3 Å². The molecule has 1 aromatic heterocycles. The van der Waals surface area contributed by atoms with E-state index in [0.717, 1.165) is 42.5 Å². The van der Waals surface area contributed by atoms with Crippen LogP contribution in [0.15, 0.2) is 60.7 Å². The first-order valence-electron chi connectivity index (χ1n) is 9.43. The van der Waals surface area contributed by atoms with E-state index in [0.29, 0.717) is 18.8 Å². The lowest BCUT2D eigenvalue weighted by atomic mass is 9.74. The van der Waals surface area contributed by atoms with Crippen molar-refractivity contribution in [2.45, 2.75) is 24.9 Å². The van der Waals surface area contributed by atoms with Crippen molar-refractivity contribution in [2.75, 3.05) is 19.7 Å². The Morgan fingerprint density at radius 2 is 1.78 bits per heavy atom. The molecular weight excluding hydrogens is 334 g/mol. The van der Waals surface area contributed by atoms with E-state index in [2.05, 4.69) is 46.7 Å². The lowest BCUT2D eigenvalue weighted by molar-refractivity contribution is 0.0550. The van der Waals surface area contributed by atoms with Crippen LogP contribution in [0.2, 0.25) is 0 Å². The predicted octanol–water partition coefficient (Wildman–Crippen LogP) is 3.94. The van der Waals surface area contributed by atoms with Crippen LogP contribution in [0, 0.1) is 11.3 Å². The fraction of sp³-hybridized carbons (Fsp3) is 0.304. The zero-order valence-corrected chi connectivity index (χ0v) is 15.3. The highest BCUT2D eigenvalue weighted by Gasteiger charge is 2.34. The molecule has 0 saturated carbocycles. The molecule has 2 heterocycles. The van der Waals surface area contributed by atoms with Crippen LogP contribution in [0.25, 0.3) is 10.9 Å². The Labute approximate surface area is 159 Å². The van der Waals surface area contributed by atoms with Crippen molar-refractivity contribution >= 4 is 10.9 Å². The minimum Gasteiger partial charge on any atom is -0.374 e. The number of piperidine rings is 1. The quantitative estimate of drug-likeness (QED) is 0.751. The maximum Gasteiger partial charge on any atom is 0.0999 e. The monoisotopic (exact) mass is 357 g/mol. The van der Waals surface area contributed by atoms with Gasteiger partial charge in [-0.15, -0.1) is 0 Å². The van der Waals surface area contributed by atoms with Gasteiger partial charge in [0.15, 0.2) is 0 Å². The van der Waals surface area contributed by atoms with E-state index in [9.17, 15) is 5.26 Å². The number of ether oxygens (including phenoxy) is 1. The SMILES string of the molecule is N#Cc1cc(COCC2(c3ccccc3)CCNCC2)nc2ccccc12. The van der Waals surface area contributed by atoms with Crippen LogP contribution in [0.1, 0.15) is 29.7 Å². The number of hydrogen-bond donors (Lipinski definition) is 1. The highest BCUT2D eigenvalue weighted by atomic mass is 16.5. The summed E-state index contributed by atoms with van der Waals surface area (Å²) in [6, 6.07) is 22.6. The molecule has 1 aliphatic rings. The summed E-state index contributed by atoms with van der Waals surface area (Å²) in [5.41, 5.74) is 3.69. The number of para-hydroxylation sites is 1. The molecular formula is C23H23N3O. The number of benzene rings is 2. The minimum absolute atomic E-state index is 0.0431. The molecule has 0 spiro atoms. The molecule has 1 fully saturated rings. The van der Waals surface area contributed by atoms with Crippen LogP contribution in [-0.2, 0) is 16.8 Å². The van der Waals surface area contributed by atoms with Gasteiger partial charge in [0.25, 0.3) is 0 Å². The van der Waals surface area contributed by atoms with Crippen molar-refractivity contribution in [3.63, 3.8) is 0 Å². The van der Waals surface area contributed by atoms with Gasteiger partial charge < -0.3 is 10.1 Å². The molecule has 4 heteroatoms. The number of nitrogens with one attached hydrogen (secondary N) is 1. The minimum atomic E-state index is 0.0431. The Kier molecular flexibility index (Phi) is 5.15. The highest BCUT2D eigenvalue weighted by Crippen LogP contribution is 2.34. The molecule has 0 aliphatic carbocycles. The largest absolute Gasteiger partial charge is 0.374 e. The number of pyridine rings is 1. The fourth-order valence-electron chi connectivity index (χ4n) is 3.96. The molecule has 0 atom stereocenters. The summed E-state index contributed by atoms with van der Waals surface area (Å²) in [6.07, 6.45) is 2.12. The number of hydrogen-bond acceptors (Lipinski definition) is 4. The molecule has 0 amide bonds. The third kappa shape index (κ3) is 3.71. The smallest absolute Gasteiger partial charge is 0.0999 e. The summed E-state index contributed by atoms with van der Waals surface area (Å²) in [5.74, 6) is 0. The Balaban J connectivity index is 1.53. The number of fused-ring (bicyclic) bond motifs is 1. The summed E-state index contributed by atoms with van der Waals surface area (Å²) >= 11 is 0. The van der Waals surface area contributed by atoms with E-state index >= 15 is 0 Å². The second kappa shape index (κ2) is 7.87. The molecule has 0 bridgehead atoms. The molecule has 27 heavy (non-hydrogen) atoms. The maximum atomic E-state index is 9.45. The van der Waals surface area contributed by atoms with Gasteiger partial charge in [-0.2, -0.15) is 5.26 Å². The Morgan fingerprint density at radius 3 is 2.56 bits per heavy atom. The second-order valence-corrected chi connectivity index (χ2v) is 7.18. The summed E-state index contributed by atoms with van der Waals surface area (Å²) in [4.78, 5) is 4.67. The summed E-state index contributed by atoms with van der Waals surface area (Å²) in [7, 11) is 0. The lowest BCUT2D eigenvalue weighted by Crippen LogP contribution is -2.43. The van der Waals surface area contributed by atoms with Crippen molar-refractivity contribution in [1.29, 1.82) is 5.26 Å². The highest BCUT2D eigenvalue weighted by molar-refractivity contribution is 5.84. The third-order valence-electron chi connectivity index (χ3n) is 5.46.